The molecule has 1 aliphatic carbocycles. The summed E-state index contributed by atoms with van der Waals surface area (Å²) in [5.41, 5.74) is 1.36. The number of ether oxygens (including phenoxy) is 1. The Labute approximate surface area is 96.4 Å². The maximum absolute atomic E-state index is 10.8. The minimum absolute atomic E-state index is 0.307. The first kappa shape index (κ1) is 12.5. The van der Waals surface area contributed by atoms with Crippen LogP contribution in [0.3, 0.4) is 0 Å². The zero-order chi connectivity index (χ0) is 11.8. The third-order valence-electron chi connectivity index (χ3n) is 2.83. The minimum Gasteiger partial charge on any atom is -0.466 e. The topological polar surface area (TPSA) is 50.1 Å². The lowest BCUT2D eigenvalue weighted by Crippen LogP contribution is -2.04. The van der Waals surface area contributed by atoms with Gasteiger partial charge in [0.25, 0.3) is 0 Å². The van der Waals surface area contributed by atoms with Crippen molar-refractivity contribution < 1.29 is 9.53 Å². The summed E-state index contributed by atoms with van der Waals surface area (Å²) in [6.07, 6.45) is 10.1. The van der Waals surface area contributed by atoms with Crippen LogP contribution in [0.25, 0.3) is 0 Å². The summed E-state index contributed by atoms with van der Waals surface area (Å²) in [4.78, 5) is 10.8. The summed E-state index contributed by atoms with van der Waals surface area (Å²) in [7, 11) is 1.37. The van der Waals surface area contributed by atoms with Gasteiger partial charge in [-0.05, 0) is 31.6 Å². The maximum Gasteiger partial charge on any atom is 0.330 e. The van der Waals surface area contributed by atoms with Gasteiger partial charge >= 0.3 is 5.97 Å². The molecule has 1 atom stereocenters. The third-order valence-corrected chi connectivity index (χ3v) is 2.83. The van der Waals surface area contributed by atoms with Crippen molar-refractivity contribution in [1.29, 1.82) is 5.26 Å². The van der Waals surface area contributed by atoms with E-state index in [1.165, 1.54) is 18.8 Å². The zero-order valence-corrected chi connectivity index (χ0v) is 9.61. The Balaban J connectivity index is 2.33. The lowest BCUT2D eigenvalue weighted by molar-refractivity contribution is -0.134. The van der Waals surface area contributed by atoms with Crippen LogP contribution >= 0.6 is 0 Å². The van der Waals surface area contributed by atoms with Crippen LogP contribution < -0.4 is 0 Å². The molecule has 0 amide bonds. The quantitative estimate of drug-likeness (QED) is 0.415. The number of rotatable bonds is 4. The molecule has 0 heterocycles. The molecule has 0 bridgehead atoms. The van der Waals surface area contributed by atoms with E-state index in [4.69, 9.17) is 5.26 Å². The fourth-order valence-electron chi connectivity index (χ4n) is 1.82. The van der Waals surface area contributed by atoms with E-state index in [0.29, 0.717) is 12.3 Å². The van der Waals surface area contributed by atoms with Crippen molar-refractivity contribution in [1.82, 2.24) is 0 Å². The molecule has 0 aromatic heterocycles. The van der Waals surface area contributed by atoms with Gasteiger partial charge in [0.1, 0.15) is 0 Å². The van der Waals surface area contributed by atoms with Crippen LogP contribution in [0.4, 0.5) is 0 Å². The molecule has 0 N–H and O–H groups in total. The molecule has 0 aromatic carbocycles. The summed E-state index contributed by atoms with van der Waals surface area (Å²) >= 11 is 0. The fraction of sp³-hybridized carbons (Fsp3) is 0.538. The van der Waals surface area contributed by atoms with Crippen LogP contribution in [0.2, 0.25) is 0 Å². The predicted octanol–water partition coefficient (Wildman–Crippen LogP) is 2.75. The van der Waals surface area contributed by atoms with Gasteiger partial charge in [-0.15, -0.1) is 0 Å². The Morgan fingerprint density at radius 1 is 1.75 bits per heavy atom. The zero-order valence-electron chi connectivity index (χ0n) is 9.61. The molecule has 3 heteroatoms. The van der Waals surface area contributed by atoms with Crippen LogP contribution in [0.15, 0.2) is 23.8 Å². The summed E-state index contributed by atoms with van der Waals surface area (Å²) in [5, 5.41) is 8.58. The highest BCUT2D eigenvalue weighted by molar-refractivity contribution is 5.81. The van der Waals surface area contributed by atoms with Crippen LogP contribution in [0.5, 0.6) is 0 Å². The third kappa shape index (κ3) is 4.31. The standard InChI is InChI=1S/C13H17NO2/c1-16-13(15)4-2-3-11-5-7-12(8-6-11)9-10-14/h2,4-5,12H,3,6-9H2,1H3/b4-2+. The number of esters is 1. The number of allylic oxidation sites excluding steroid dienone is 3. The van der Waals surface area contributed by atoms with E-state index in [9.17, 15) is 4.79 Å². The molecule has 0 radical (unpaired) electrons. The Morgan fingerprint density at radius 3 is 3.12 bits per heavy atom. The molecule has 16 heavy (non-hydrogen) atoms. The molecule has 0 saturated heterocycles. The first-order valence-corrected chi connectivity index (χ1v) is 5.55. The molecule has 1 aliphatic rings. The van der Waals surface area contributed by atoms with Crippen molar-refractivity contribution in [3.8, 4) is 6.07 Å². The van der Waals surface area contributed by atoms with Crippen LogP contribution in [0, 0.1) is 17.2 Å². The molecular formula is C13H17NO2. The van der Waals surface area contributed by atoms with Crippen molar-refractivity contribution >= 4 is 5.97 Å². The van der Waals surface area contributed by atoms with E-state index in [1.54, 1.807) is 0 Å². The highest BCUT2D eigenvalue weighted by atomic mass is 16.5. The van der Waals surface area contributed by atoms with Crippen molar-refractivity contribution in [2.45, 2.75) is 32.1 Å². The summed E-state index contributed by atoms with van der Waals surface area (Å²) in [6, 6.07) is 2.21. The van der Waals surface area contributed by atoms with Crippen molar-refractivity contribution in [3.63, 3.8) is 0 Å². The van der Waals surface area contributed by atoms with Crippen molar-refractivity contribution in [2.24, 2.45) is 5.92 Å². The number of nitrogens with zero attached hydrogens (tertiary/aromatic N) is 1. The van der Waals surface area contributed by atoms with E-state index >= 15 is 0 Å². The number of hydrogen-bond donors (Lipinski definition) is 0. The highest BCUT2D eigenvalue weighted by Crippen LogP contribution is 2.27. The summed E-state index contributed by atoms with van der Waals surface area (Å²) in [6.45, 7) is 0. The van der Waals surface area contributed by atoms with Crippen molar-refractivity contribution in [3.05, 3.63) is 23.8 Å². The molecular weight excluding hydrogens is 202 g/mol. The van der Waals surface area contributed by atoms with Crippen LogP contribution in [0.1, 0.15) is 32.1 Å². The van der Waals surface area contributed by atoms with E-state index in [-0.39, 0.29) is 5.97 Å². The molecule has 0 aliphatic heterocycles. The summed E-state index contributed by atoms with van der Waals surface area (Å²) in [5.74, 6) is 0.220. The molecule has 1 rings (SSSR count). The van der Waals surface area contributed by atoms with Gasteiger partial charge in [0.15, 0.2) is 0 Å². The van der Waals surface area contributed by atoms with E-state index in [1.807, 2.05) is 6.08 Å². The van der Waals surface area contributed by atoms with Gasteiger partial charge in [0.2, 0.25) is 0 Å². The predicted molar refractivity (Wildman–Crippen MR) is 61.4 cm³/mol. The van der Waals surface area contributed by atoms with E-state index in [2.05, 4.69) is 16.9 Å². The van der Waals surface area contributed by atoms with Gasteiger partial charge in [-0.1, -0.05) is 17.7 Å². The molecule has 0 saturated carbocycles. The van der Waals surface area contributed by atoms with Crippen LogP contribution in [-0.4, -0.2) is 13.1 Å². The normalized spacial score (nSPS) is 20.2. The molecule has 3 nitrogen and oxygen atoms in total. The smallest absolute Gasteiger partial charge is 0.330 e. The molecule has 86 valence electrons. The average molecular weight is 219 g/mol. The lowest BCUT2D eigenvalue weighted by Gasteiger charge is -2.18. The first-order chi connectivity index (χ1) is 7.76. The molecule has 0 fully saturated rings. The monoisotopic (exact) mass is 219 g/mol. The maximum atomic E-state index is 10.8. The van der Waals surface area contributed by atoms with Gasteiger partial charge < -0.3 is 4.74 Å². The molecule has 1 unspecified atom stereocenters. The number of carbonyl (C=O) groups is 1. The Bertz CT molecular complexity index is 336. The van der Waals surface area contributed by atoms with E-state index < -0.39 is 0 Å². The largest absolute Gasteiger partial charge is 0.466 e. The SMILES string of the molecule is COC(=O)/C=C/CC1=CCC(CC#N)CC1. The summed E-state index contributed by atoms with van der Waals surface area (Å²) < 4.78 is 4.51. The average Bonchev–Trinajstić information content (AvgIpc) is 2.31. The van der Waals surface area contributed by atoms with E-state index in [0.717, 1.165) is 25.7 Å². The fourth-order valence-corrected chi connectivity index (χ4v) is 1.82. The number of hydrogen-bond acceptors (Lipinski definition) is 3. The second kappa shape index (κ2) is 6.84. The second-order valence-electron chi connectivity index (χ2n) is 3.99. The van der Waals surface area contributed by atoms with Gasteiger partial charge in [0, 0.05) is 12.5 Å². The number of nitriles is 1. The van der Waals surface area contributed by atoms with Crippen molar-refractivity contribution in [2.75, 3.05) is 7.11 Å². The van der Waals surface area contributed by atoms with Gasteiger partial charge in [0.05, 0.1) is 13.2 Å². The highest BCUT2D eigenvalue weighted by Gasteiger charge is 2.13. The Morgan fingerprint density at radius 2 is 2.56 bits per heavy atom. The van der Waals surface area contributed by atoms with Gasteiger partial charge in [-0.25, -0.2) is 4.79 Å². The number of methoxy groups -OCH3 is 1. The van der Waals surface area contributed by atoms with Gasteiger partial charge in [-0.2, -0.15) is 5.26 Å². The minimum atomic E-state index is -0.307. The Hall–Kier alpha value is -1.56. The second-order valence-corrected chi connectivity index (χ2v) is 3.99. The first-order valence-electron chi connectivity index (χ1n) is 5.55. The molecule has 0 aromatic rings. The Kier molecular flexibility index (Phi) is 5.35. The van der Waals surface area contributed by atoms with Gasteiger partial charge in [-0.3, -0.25) is 0 Å². The molecule has 0 spiro atoms. The number of carbonyl (C=O) groups excluding carboxylic acids is 1. The lowest BCUT2D eigenvalue weighted by atomic mass is 9.87. The van der Waals surface area contributed by atoms with Crippen LogP contribution in [-0.2, 0) is 9.53 Å².